The molecule has 2 heteroatoms. The van der Waals surface area contributed by atoms with E-state index in [1.165, 1.54) is 32.2 Å². The van der Waals surface area contributed by atoms with Gasteiger partial charge in [-0.1, -0.05) is 27.2 Å². The number of piperidine rings is 1. The van der Waals surface area contributed by atoms with Gasteiger partial charge in [0.2, 0.25) is 0 Å². The van der Waals surface area contributed by atoms with E-state index >= 15 is 0 Å². The fraction of sp³-hybridized carbons (Fsp3) is 1.00. The van der Waals surface area contributed by atoms with Crippen molar-refractivity contribution < 1.29 is 0 Å². The first-order chi connectivity index (χ1) is 6.92. The van der Waals surface area contributed by atoms with Crippen LogP contribution in [-0.2, 0) is 0 Å². The molecule has 0 aliphatic carbocycles. The highest BCUT2D eigenvalue weighted by Crippen LogP contribution is 2.42. The average molecular weight is 212 g/mol. The van der Waals surface area contributed by atoms with Crippen molar-refractivity contribution in [2.45, 2.75) is 65.8 Å². The molecule has 0 aromatic rings. The quantitative estimate of drug-likeness (QED) is 0.720. The average Bonchev–Trinajstić information content (AvgIpc) is 2.13. The summed E-state index contributed by atoms with van der Waals surface area (Å²) in [6.07, 6.45) is 5.19. The van der Waals surface area contributed by atoms with Crippen LogP contribution in [0.2, 0.25) is 0 Å². The molecule has 2 nitrogen and oxygen atoms in total. The highest BCUT2D eigenvalue weighted by molar-refractivity contribution is 4.97. The molecule has 0 unspecified atom stereocenters. The van der Waals surface area contributed by atoms with Crippen LogP contribution >= 0.6 is 0 Å². The number of nitrogens with zero attached hydrogens (tertiary/aromatic N) is 1. The molecule has 1 fully saturated rings. The van der Waals surface area contributed by atoms with E-state index in [0.29, 0.717) is 5.41 Å². The van der Waals surface area contributed by atoms with Crippen LogP contribution in [0.5, 0.6) is 0 Å². The van der Waals surface area contributed by atoms with Gasteiger partial charge in [0.05, 0.1) is 0 Å². The van der Waals surface area contributed by atoms with Crippen molar-refractivity contribution in [3.05, 3.63) is 0 Å². The molecule has 1 N–H and O–H groups in total. The molecular weight excluding hydrogens is 184 g/mol. The van der Waals surface area contributed by atoms with E-state index in [1.54, 1.807) is 0 Å². The van der Waals surface area contributed by atoms with E-state index in [4.69, 9.17) is 0 Å². The summed E-state index contributed by atoms with van der Waals surface area (Å²) in [4.78, 5) is 0. The summed E-state index contributed by atoms with van der Waals surface area (Å²) in [6, 6.07) is 0. The third-order valence-corrected chi connectivity index (χ3v) is 4.35. The van der Waals surface area contributed by atoms with Gasteiger partial charge in [0.1, 0.15) is 0 Å². The Labute approximate surface area is 95.4 Å². The molecule has 1 aliphatic heterocycles. The lowest BCUT2D eigenvalue weighted by Crippen LogP contribution is -2.62. The lowest BCUT2D eigenvalue weighted by atomic mass is 9.69. The number of hydrogen-bond donors (Lipinski definition) is 1. The third-order valence-electron chi connectivity index (χ3n) is 4.35. The maximum atomic E-state index is 3.60. The van der Waals surface area contributed by atoms with Crippen LogP contribution in [0.25, 0.3) is 0 Å². The Morgan fingerprint density at radius 2 is 1.87 bits per heavy atom. The van der Waals surface area contributed by atoms with Gasteiger partial charge in [-0.05, 0) is 38.5 Å². The first-order valence-electron chi connectivity index (χ1n) is 6.43. The van der Waals surface area contributed by atoms with Crippen LogP contribution < -0.4 is 5.43 Å². The zero-order valence-corrected chi connectivity index (χ0v) is 11.2. The lowest BCUT2D eigenvalue weighted by Gasteiger charge is -2.53. The fourth-order valence-electron chi connectivity index (χ4n) is 2.30. The minimum absolute atomic E-state index is 0.263. The maximum Gasteiger partial charge on any atom is 0.0348 e. The zero-order chi connectivity index (χ0) is 11.5. The number of nitrogens with one attached hydrogen (secondary N) is 1. The summed E-state index contributed by atoms with van der Waals surface area (Å²) >= 11 is 0. The minimum atomic E-state index is 0.263. The Bertz CT molecular complexity index is 197. The minimum Gasteiger partial charge on any atom is -0.255 e. The molecule has 1 rings (SSSR count). The summed E-state index contributed by atoms with van der Waals surface area (Å²) in [7, 11) is 0. The number of rotatable bonds is 4. The molecule has 90 valence electrons. The summed E-state index contributed by atoms with van der Waals surface area (Å²) in [6.45, 7) is 14.1. The van der Waals surface area contributed by atoms with Gasteiger partial charge >= 0.3 is 0 Å². The van der Waals surface area contributed by atoms with Gasteiger partial charge < -0.3 is 0 Å². The molecule has 0 atom stereocenters. The normalized spacial score (nSPS) is 25.4. The van der Waals surface area contributed by atoms with Gasteiger partial charge in [-0.3, -0.25) is 5.43 Å². The molecule has 0 aromatic carbocycles. The zero-order valence-electron chi connectivity index (χ0n) is 11.2. The molecule has 0 aromatic heterocycles. The molecule has 0 saturated carbocycles. The molecule has 1 heterocycles. The Kier molecular flexibility index (Phi) is 4.19. The van der Waals surface area contributed by atoms with Crippen molar-refractivity contribution in [1.29, 1.82) is 0 Å². The Morgan fingerprint density at radius 3 is 2.47 bits per heavy atom. The van der Waals surface area contributed by atoms with E-state index in [1.807, 2.05) is 0 Å². The van der Waals surface area contributed by atoms with E-state index in [0.717, 1.165) is 6.54 Å². The van der Waals surface area contributed by atoms with Crippen LogP contribution in [-0.4, -0.2) is 23.6 Å². The summed E-state index contributed by atoms with van der Waals surface area (Å²) in [5, 5.41) is 2.46. The van der Waals surface area contributed by atoms with Crippen molar-refractivity contribution in [1.82, 2.24) is 10.4 Å². The fourth-order valence-corrected chi connectivity index (χ4v) is 2.30. The second-order valence-corrected chi connectivity index (χ2v) is 5.96. The van der Waals surface area contributed by atoms with Gasteiger partial charge in [0, 0.05) is 18.6 Å². The highest BCUT2D eigenvalue weighted by Gasteiger charge is 2.44. The summed E-state index contributed by atoms with van der Waals surface area (Å²) in [5.74, 6) is 0. The van der Waals surface area contributed by atoms with Crippen molar-refractivity contribution in [3.63, 3.8) is 0 Å². The molecular formula is C13H28N2. The van der Waals surface area contributed by atoms with E-state index < -0.39 is 0 Å². The monoisotopic (exact) mass is 212 g/mol. The smallest absolute Gasteiger partial charge is 0.0348 e. The molecule has 1 aliphatic rings. The van der Waals surface area contributed by atoms with E-state index in [2.05, 4.69) is 45.1 Å². The van der Waals surface area contributed by atoms with Crippen molar-refractivity contribution in [2.24, 2.45) is 5.41 Å². The number of hydrazine groups is 1. The van der Waals surface area contributed by atoms with Crippen molar-refractivity contribution >= 4 is 0 Å². The van der Waals surface area contributed by atoms with Gasteiger partial charge in [-0.15, -0.1) is 0 Å². The van der Waals surface area contributed by atoms with Crippen molar-refractivity contribution in [2.75, 3.05) is 13.1 Å². The Morgan fingerprint density at radius 1 is 1.20 bits per heavy atom. The molecule has 1 saturated heterocycles. The van der Waals surface area contributed by atoms with Crippen LogP contribution in [0.1, 0.15) is 60.3 Å². The highest BCUT2D eigenvalue weighted by atomic mass is 15.5. The standard InChI is InChI=1S/C13H28N2/c1-6-7-10-14-15-11-8-9-12(2,3)13(15,4)5/h14H,6-11H2,1-5H3. The lowest BCUT2D eigenvalue weighted by molar-refractivity contribution is -0.0643. The molecule has 0 bridgehead atoms. The second-order valence-electron chi connectivity index (χ2n) is 5.96. The Hall–Kier alpha value is -0.0800. The first kappa shape index (κ1) is 13.0. The molecule has 0 spiro atoms. The topological polar surface area (TPSA) is 15.3 Å². The van der Waals surface area contributed by atoms with Gasteiger partial charge in [-0.2, -0.15) is 0 Å². The first-order valence-corrected chi connectivity index (χ1v) is 6.43. The number of hydrogen-bond acceptors (Lipinski definition) is 2. The summed E-state index contributed by atoms with van der Waals surface area (Å²) < 4.78 is 0. The predicted octanol–water partition coefficient (Wildman–Crippen LogP) is 3.19. The molecule has 0 radical (unpaired) electrons. The van der Waals surface area contributed by atoms with Crippen molar-refractivity contribution in [3.8, 4) is 0 Å². The van der Waals surface area contributed by atoms with E-state index in [9.17, 15) is 0 Å². The number of unbranched alkanes of at least 4 members (excludes halogenated alkanes) is 1. The van der Waals surface area contributed by atoms with Crippen LogP contribution in [0, 0.1) is 5.41 Å². The van der Waals surface area contributed by atoms with Gasteiger partial charge in [-0.25, -0.2) is 5.01 Å². The second kappa shape index (κ2) is 4.84. The SMILES string of the molecule is CCCCNN1CCCC(C)(C)C1(C)C. The van der Waals surface area contributed by atoms with Gasteiger partial charge in [0.25, 0.3) is 0 Å². The predicted molar refractivity (Wildman–Crippen MR) is 66.7 cm³/mol. The largest absolute Gasteiger partial charge is 0.255 e. The van der Waals surface area contributed by atoms with Gasteiger partial charge in [0.15, 0.2) is 0 Å². The molecule has 15 heavy (non-hydrogen) atoms. The van der Waals surface area contributed by atoms with E-state index in [-0.39, 0.29) is 5.54 Å². The third kappa shape index (κ3) is 2.73. The van der Waals surface area contributed by atoms with Crippen LogP contribution in [0.3, 0.4) is 0 Å². The maximum absolute atomic E-state index is 3.60. The van der Waals surface area contributed by atoms with Crippen LogP contribution in [0.4, 0.5) is 0 Å². The summed E-state index contributed by atoms with van der Waals surface area (Å²) in [5.41, 5.74) is 4.27. The Balaban J connectivity index is 2.56. The van der Waals surface area contributed by atoms with Crippen LogP contribution in [0.15, 0.2) is 0 Å². The molecule has 0 amide bonds.